The van der Waals surface area contributed by atoms with Gasteiger partial charge in [-0.2, -0.15) is 0 Å². The first-order valence-electron chi connectivity index (χ1n) is 8.27. The highest BCUT2D eigenvalue weighted by atomic mass is 19.1. The van der Waals surface area contributed by atoms with Gasteiger partial charge in [0.05, 0.1) is 11.6 Å². The smallest absolute Gasteiger partial charge is 0.257 e. The van der Waals surface area contributed by atoms with E-state index in [4.69, 9.17) is 0 Å². The molecular formula is C19H17F3N2O. The largest absolute Gasteiger partial charge is 0.331 e. The molecule has 0 spiro atoms. The third kappa shape index (κ3) is 2.80. The zero-order chi connectivity index (χ0) is 17.6. The van der Waals surface area contributed by atoms with Gasteiger partial charge in [-0.1, -0.05) is 12.1 Å². The Balaban J connectivity index is 1.72. The van der Waals surface area contributed by atoms with E-state index in [0.717, 1.165) is 19.2 Å². The van der Waals surface area contributed by atoms with Crippen LogP contribution < -0.4 is 5.32 Å². The Morgan fingerprint density at radius 1 is 1.04 bits per heavy atom. The van der Waals surface area contributed by atoms with Crippen LogP contribution in [0, 0.1) is 29.3 Å². The van der Waals surface area contributed by atoms with E-state index in [1.54, 1.807) is 17.0 Å². The monoisotopic (exact) mass is 346 g/mol. The molecule has 2 saturated heterocycles. The zero-order valence-electron chi connectivity index (χ0n) is 13.4. The molecule has 130 valence electrons. The number of carbonyl (C=O) groups is 1. The van der Waals surface area contributed by atoms with Crippen LogP contribution in [0.3, 0.4) is 0 Å². The van der Waals surface area contributed by atoms with Crippen molar-refractivity contribution in [3.05, 3.63) is 71.0 Å². The molecule has 2 aromatic carbocycles. The van der Waals surface area contributed by atoms with Gasteiger partial charge in [-0.05, 0) is 35.7 Å². The van der Waals surface area contributed by atoms with Crippen molar-refractivity contribution in [2.45, 2.75) is 6.04 Å². The Morgan fingerprint density at radius 2 is 1.84 bits per heavy atom. The number of hydrogen-bond acceptors (Lipinski definition) is 2. The number of nitrogens with zero attached hydrogens (tertiary/aromatic N) is 1. The summed E-state index contributed by atoms with van der Waals surface area (Å²) >= 11 is 0. The molecule has 4 rings (SSSR count). The number of likely N-dealkylation sites (tertiary alicyclic amines) is 1. The van der Waals surface area contributed by atoms with E-state index in [0.29, 0.717) is 18.2 Å². The number of halogens is 3. The normalized spacial score (nSPS) is 25.2. The highest BCUT2D eigenvalue weighted by Crippen LogP contribution is 2.43. The maximum absolute atomic E-state index is 14.1. The predicted octanol–water partition coefficient (Wildman–Crippen LogP) is 3.14. The quantitative estimate of drug-likeness (QED) is 0.906. The molecule has 2 aliphatic heterocycles. The molecule has 2 aromatic rings. The van der Waals surface area contributed by atoms with Crippen molar-refractivity contribution in [1.29, 1.82) is 0 Å². The number of rotatable bonds is 2. The second-order valence-corrected chi connectivity index (χ2v) is 6.66. The molecule has 25 heavy (non-hydrogen) atoms. The third-order valence-electron chi connectivity index (χ3n) is 5.18. The van der Waals surface area contributed by atoms with Crippen LogP contribution in [0.1, 0.15) is 22.0 Å². The number of nitrogens with one attached hydrogen (secondary N) is 1. The van der Waals surface area contributed by atoms with Crippen LogP contribution in [0.5, 0.6) is 0 Å². The Bertz CT molecular complexity index is 826. The van der Waals surface area contributed by atoms with E-state index in [9.17, 15) is 18.0 Å². The first kappa shape index (κ1) is 16.1. The summed E-state index contributed by atoms with van der Waals surface area (Å²) in [6, 6.07) is 8.81. The Hall–Kier alpha value is -2.34. The fraction of sp³-hybridized carbons (Fsp3) is 0.316. The van der Waals surface area contributed by atoms with Crippen molar-refractivity contribution >= 4 is 5.91 Å². The summed E-state index contributed by atoms with van der Waals surface area (Å²) in [4.78, 5) is 14.5. The highest BCUT2D eigenvalue weighted by Gasteiger charge is 2.47. The van der Waals surface area contributed by atoms with Crippen LogP contribution >= 0.6 is 0 Å². The van der Waals surface area contributed by atoms with Gasteiger partial charge in [0.1, 0.15) is 17.5 Å². The summed E-state index contributed by atoms with van der Waals surface area (Å²) in [5, 5.41) is 3.30. The summed E-state index contributed by atoms with van der Waals surface area (Å²) in [6.07, 6.45) is 0. The van der Waals surface area contributed by atoms with Gasteiger partial charge < -0.3 is 10.2 Å². The maximum Gasteiger partial charge on any atom is 0.257 e. The second kappa shape index (κ2) is 6.19. The third-order valence-corrected chi connectivity index (χ3v) is 5.18. The summed E-state index contributed by atoms with van der Waals surface area (Å²) in [5.74, 6) is -2.07. The molecule has 0 saturated carbocycles. The van der Waals surface area contributed by atoms with Crippen LogP contribution in [-0.4, -0.2) is 30.4 Å². The molecule has 3 nitrogen and oxygen atoms in total. The lowest BCUT2D eigenvalue weighted by Gasteiger charge is -2.28. The molecule has 0 unspecified atom stereocenters. The topological polar surface area (TPSA) is 32.3 Å². The van der Waals surface area contributed by atoms with Gasteiger partial charge in [0.15, 0.2) is 0 Å². The van der Waals surface area contributed by atoms with E-state index >= 15 is 0 Å². The zero-order valence-corrected chi connectivity index (χ0v) is 13.4. The van der Waals surface area contributed by atoms with Gasteiger partial charge in [-0.25, -0.2) is 13.2 Å². The molecule has 0 aromatic heterocycles. The molecule has 0 bridgehead atoms. The van der Waals surface area contributed by atoms with Crippen LogP contribution in [0.15, 0.2) is 42.5 Å². The molecular weight excluding hydrogens is 329 g/mol. The van der Waals surface area contributed by atoms with Gasteiger partial charge in [-0.15, -0.1) is 0 Å². The van der Waals surface area contributed by atoms with Gasteiger partial charge in [-0.3, -0.25) is 4.79 Å². The summed E-state index contributed by atoms with van der Waals surface area (Å²) in [6.45, 7) is 1.96. The van der Waals surface area contributed by atoms with E-state index in [2.05, 4.69) is 5.32 Å². The molecule has 1 N–H and O–H groups in total. The van der Waals surface area contributed by atoms with E-state index < -0.39 is 17.5 Å². The predicted molar refractivity (Wildman–Crippen MR) is 86.4 cm³/mol. The van der Waals surface area contributed by atoms with Crippen molar-refractivity contribution in [3.8, 4) is 0 Å². The van der Waals surface area contributed by atoms with Crippen molar-refractivity contribution in [1.82, 2.24) is 10.2 Å². The summed E-state index contributed by atoms with van der Waals surface area (Å²) < 4.78 is 40.9. The standard InChI is InChI=1S/C19H17F3N2O/c20-13-3-1-2-11(6-13)18-16-9-23-8-12(16)10-24(18)19(25)15-5-4-14(21)7-17(15)22/h1-7,12,16,18,23H,8-10H2/t12-,16-,18+/m0/s1. The number of carbonyl (C=O) groups excluding carboxylic acids is 1. The fourth-order valence-corrected chi connectivity index (χ4v) is 4.06. The Labute approximate surface area is 143 Å². The van der Waals surface area contributed by atoms with Crippen LogP contribution in [0.4, 0.5) is 13.2 Å². The van der Waals surface area contributed by atoms with Gasteiger partial charge in [0.25, 0.3) is 5.91 Å². The number of hydrogen-bond donors (Lipinski definition) is 1. The van der Waals surface area contributed by atoms with Crippen molar-refractivity contribution in [3.63, 3.8) is 0 Å². The molecule has 0 radical (unpaired) electrons. The Kier molecular flexibility index (Phi) is 4.00. The molecule has 0 aliphatic carbocycles. The number of benzene rings is 2. The van der Waals surface area contributed by atoms with Crippen molar-refractivity contribution in [2.75, 3.05) is 19.6 Å². The molecule has 2 heterocycles. The number of amides is 1. The van der Waals surface area contributed by atoms with Gasteiger partial charge in [0, 0.05) is 31.6 Å². The lowest BCUT2D eigenvalue weighted by atomic mass is 9.89. The summed E-state index contributed by atoms with van der Waals surface area (Å²) in [5.41, 5.74) is 0.544. The SMILES string of the molecule is O=C(c1ccc(F)cc1F)N1C[C@@H]2CNC[C@@H]2[C@H]1c1cccc(F)c1. The van der Waals surface area contributed by atoms with E-state index in [1.807, 2.05) is 0 Å². The van der Waals surface area contributed by atoms with E-state index in [-0.39, 0.29) is 29.3 Å². The number of fused-ring (bicyclic) bond motifs is 1. The van der Waals surface area contributed by atoms with Crippen LogP contribution in [0.25, 0.3) is 0 Å². The van der Waals surface area contributed by atoms with Gasteiger partial charge in [0.2, 0.25) is 0 Å². The molecule has 3 atom stereocenters. The highest BCUT2D eigenvalue weighted by molar-refractivity contribution is 5.95. The van der Waals surface area contributed by atoms with Crippen molar-refractivity contribution < 1.29 is 18.0 Å². The minimum absolute atomic E-state index is 0.147. The molecule has 2 aliphatic rings. The fourth-order valence-electron chi connectivity index (χ4n) is 4.06. The summed E-state index contributed by atoms with van der Waals surface area (Å²) in [7, 11) is 0. The lowest BCUT2D eigenvalue weighted by Crippen LogP contribution is -2.35. The minimum Gasteiger partial charge on any atom is -0.331 e. The first-order chi connectivity index (χ1) is 12.0. The first-order valence-corrected chi connectivity index (χ1v) is 8.27. The molecule has 1 amide bonds. The van der Waals surface area contributed by atoms with E-state index in [1.165, 1.54) is 18.2 Å². The maximum atomic E-state index is 14.1. The lowest BCUT2D eigenvalue weighted by molar-refractivity contribution is 0.0709. The van der Waals surface area contributed by atoms with Crippen LogP contribution in [-0.2, 0) is 0 Å². The van der Waals surface area contributed by atoms with Crippen LogP contribution in [0.2, 0.25) is 0 Å². The van der Waals surface area contributed by atoms with Gasteiger partial charge >= 0.3 is 0 Å². The minimum atomic E-state index is -0.877. The Morgan fingerprint density at radius 3 is 2.60 bits per heavy atom. The average Bonchev–Trinajstić information content (AvgIpc) is 3.14. The van der Waals surface area contributed by atoms with Crippen molar-refractivity contribution in [2.24, 2.45) is 11.8 Å². The molecule has 2 fully saturated rings. The molecule has 6 heteroatoms. The average molecular weight is 346 g/mol. The second-order valence-electron chi connectivity index (χ2n) is 6.66.